The van der Waals surface area contributed by atoms with Crippen LogP contribution in [0.5, 0.6) is 0 Å². The molecule has 4 nitrogen and oxygen atoms in total. The summed E-state index contributed by atoms with van der Waals surface area (Å²) in [6.45, 7) is 5.13. The van der Waals surface area contributed by atoms with Crippen molar-refractivity contribution in [2.45, 2.75) is 32.1 Å². The van der Waals surface area contributed by atoms with Gasteiger partial charge in [0.2, 0.25) is 5.95 Å². The van der Waals surface area contributed by atoms with Crippen molar-refractivity contribution in [3.63, 3.8) is 0 Å². The summed E-state index contributed by atoms with van der Waals surface area (Å²) in [5, 5.41) is 3.00. The van der Waals surface area contributed by atoms with E-state index in [-0.39, 0.29) is 24.3 Å². The van der Waals surface area contributed by atoms with E-state index < -0.39 is 23.6 Å². The summed E-state index contributed by atoms with van der Waals surface area (Å²) < 4.78 is 47.9. The molecule has 1 aromatic carbocycles. The standard InChI is InChI=1S/C19H22F3N3O/c1-12-10-25(11-13(2)26-12)16(19-14(20)5-3-6-15(19)21)9-23-18-8-4-7-17(22)24-18/h3-8,12-13,16H,9-11H2,1-2H3,(H,23,24). The average molecular weight is 365 g/mol. The van der Waals surface area contributed by atoms with Crippen LogP contribution in [0, 0.1) is 17.6 Å². The second kappa shape index (κ2) is 8.05. The Morgan fingerprint density at radius 1 is 1.08 bits per heavy atom. The predicted octanol–water partition coefficient (Wildman–Crippen LogP) is 3.76. The van der Waals surface area contributed by atoms with Gasteiger partial charge >= 0.3 is 0 Å². The van der Waals surface area contributed by atoms with Crippen LogP contribution in [0.25, 0.3) is 0 Å². The van der Waals surface area contributed by atoms with Crippen molar-refractivity contribution in [2.24, 2.45) is 0 Å². The topological polar surface area (TPSA) is 37.4 Å². The SMILES string of the molecule is CC1CN(C(CNc2cccc(F)n2)c2c(F)cccc2F)CC(C)O1. The van der Waals surface area contributed by atoms with E-state index in [4.69, 9.17) is 4.74 Å². The van der Waals surface area contributed by atoms with Crippen LogP contribution in [0.3, 0.4) is 0 Å². The van der Waals surface area contributed by atoms with Crippen molar-refractivity contribution in [1.82, 2.24) is 9.88 Å². The molecule has 26 heavy (non-hydrogen) atoms. The summed E-state index contributed by atoms with van der Waals surface area (Å²) in [5.74, 6) is -1.50. The van der Waals surface area contributed by atoms with Crippen LogP contribution in [0.15, 0.2) is 36.4 Å². The highest BCUT2D eigenvalue weighted by Crippen LogP contribution is 2.29. The van der Waals surface area contributed by atoms with Crippen molar-refractivity contribution in [2.75, 3.05) is 25.0 Å². The first-order valence-corrected chi connectivity index (χ1v) is 8.64. The van der Waals surface area contributed by atoms with Crippen LogP contribution < -0.4 is 5.32 Å². The molecule has 1 aliphatic heterocycles. The lowest BCUT2D eigenvalue weighted by Gasteiger charge is -2.40. The second-order valence-electron chi connectivity index (χ2n) is 6.59. The van der Waals surface area contributed by atoms with E-state index in [1.165, 1.54) is 30.3 Å². The maximum Gasteiger partial charge on any atom is 0.214 e. The molecule has 1 aliphatic rings. The maximum absolute atomic E-state index is 14.4. The molecule has 1 aromatic heterocycles. The van der Waals surface area contributed by atoms with Gasteiger partial charge in [-0.15, -0.1) is 0 Å². The van der Waals surface area contributed by atoms with Crippen LogP contribution in [0.2, 0.25) is 0 Å². The quantitative estimate of drug-likeness (QED) is 0.819. The van der Waals surface area contributed by atoms with E-state index in [0.29, 0.717) is 18.9 Å². The molecule has 3 rings (SSSR count). The lowest BCUT2D eigenvalue weighted by atomic mass is 10.0. The van der Waals surface area contributed by atoms with Crippen LogP contribution >= 0.6 is 0 Å². The Morgan fingerprint density at radius 2 is 1.69 bits per heavy atom. The number of hydrogen-bond acceptors (Lipinski definition) is 4. The maximum atomic E-state index is 14.4. The number of ether oxygens (including phenoxy) is 1. The molecule has 0 radical (unpaired) electrons. The molecule has 0 aliphatic carbocycles. The molecule has 1 N–H and O–H groups in total. The number of benzene rings is 1. The molecule has 2 aromatic rings. The molecule has 0 saturated carbocycles. The minimum absolute atomic E-state index is 0.00213. The summed E-state index contributed by atoms with van der Waals surface area (Å²) in [6, 6.07) is 7.65. The van der Waals surface area contributed by atoms with Gasteiger partial charge in [-0.05, 0) is 38.1 Å². The lowest BCUT2D eigenvalue weighted by Crippen LogP contribution is -2.48. The Bertz CT molecular complexity index is 728. The van der Waals surface area contributed by atoms with Gasteiger partial charge in [0.15, 0.2) is 0 Å². The number of morpholine rings is 1. The van der Waals surface area contributed by atoms with Gasteiger partial charge < -0.3 is 10.1 Å². The molecular formula is C19H22F3N3O. The van der Waals surface area contributed by atoms with E-state index in [9.17, 15) is 13.2 Å². The molecule has 0 bridgehead atoms. The zero-order chi connectivity index (χ0) is 18.7. The van der Waals surface area contributed by atoms with Crippen molar-refractivity contribution in [3.05, 3.63) is 59.5 Å². The van der Waals surface area contributed by atoms with Gasteiger partial charge in [0, 0.05) is 25.2 Å². The van der Waals surface area contributed by atoms with Crippen LogP contribution in [0.4, 0.5) is 19.0 Å². The van der Waals surface area contributed by atoms with Crippen molar-refractivity contribution >= 4 is 5.82 Å². The first-order chi connectivity index (χ1) is 12.4. The third kappa shape index (κ3) is 4.34. The van der Waals surface area contributed by atoms with E-state index in [0.717, 1.165) is 0 Å². The summed E-state index contributed by atoms with van der Waals surface area (Å²) in [6.07, 6.45) is -0.105. The van der Waals surface area contributed by atoms with Gasteiger partial charge in [-0.3, -0.25) is 4.90 Å². The minimum atomic E-state index is -0.614. The van der Waals surface area contributed by atoms with Gasteiger partial charge in [-0.2, -0.15) is 4.39 Å². The molecule has 1 saturated heterocycles. The number of pyridine rings is 1. The van der Waals surface area contributed by atoms with Gasteiger partial charge in [0.1, 0.15) is 17.5 Å². The van der Waals surface area contributed by atoms with Gasteiger partial charge in [0.25, 0.3) is 0 Å². The highest BCUT2D eigenvalue weighted by Gasteiger charge is 2.32. The van der Waals surface area contributed by atoms with Crippen molar-refractivity contribution < 1.29 is 17.9 Å². The Morgan fingerprint density at radius 3 is 2.31 bits per heavy atom. The van der Waals surface area contributed by atoms with Crippen LogP contribution in [-0.2, 0) is 4.74 Å². The molecule has 0 spiro atoms. The minimum Gasteiger partial charge on any atom is -0.373 e. The fourth-order valence-electron chi connectivity index (χ4n) is 3.42. The average Bonchev–Trinajstić information content (AvgIpc) is 2.56. The Kier molecular flexibility index (Phi) is 5.78. The van der Waals surface area contributed by atoms with Crippen LogP contribution in [0.1, 0.15) is 25.5 Å². The molecule has 3 unspecified atom stereocenters. The molecule has 3 atom stereocenters. The van der Waals surface area contributed by atoms with E-state index in [1.807, 2.05) is 18.7 Å². The first kappa shape index (κ1) is 18.7. The Hall–Kier alpha value is -2.12. The third-order valence-electron chi connectivity index (χ3n) is 4.41. The van der Waals surface area contributed by atoms with Gasteiger partial charge in [-0.1, -0.05) is 12.1 Å². The van der Waals surface area contributed by atoms with Gasteiger partial charge in [0.05, 0.1) is 18.2 Å². The highest BCUT2D eigenvalue weighted by molar-refractivity contribution is 5.35. The molecule has 2 heterocycles. The van der Waals surface area contributed by atoms with Crippen molar-refractivity contribution in [3.8, 4) is 0 Å². The van der Waals surface area contributed by atoms with Crippen LogP contribution in [-0.4, -0.2) is 41.7 Å². The number of anilines is 1. The lowest BCUT2D eigenvalue weighted by molar-refractivity contribution is -0.0801. The zero-order valence-electron chi connectivity index (χ0n) is 14.8. The Balaban J connectivity index is 1.88. The predicted molar refractivity (Wildman–Crippen MR) is 93.4 cm³/mol. The molecule has 0 amide bonds. The summed E-state index contributed by atoms with van der Waals surface area (Å²) in [7, 11) is 0. The fraction of sp³-hybridized carbons (Fsp3) is 0.421. The van der Waals surface area contributed by atoms with E-state index >= 15 is 0 Å². The Labute approximate surface area is 151 Å². The van der Waals surface area contributed by atoms with Gasteiger partial charge in [-0.25, -0.2) is 13.8 Å². The number of nitrogens with one attached hydrogen (secondary N) is 1. The van der Waals surface area contributed by atoms with E-state index in [1.54, 1.807) is 6.07 Å². The number of aromatic nitrogens is 1. The summed E-state index contributed by atoms with van der Waals surface area (Å²) in [5.41, 5.74) is -0.00213. The number of rotatable bonds is 5. The second-order valence-corrected chi connectivity index (χ2v) is 6.59. The number of halogens is 3. The largest absolute Gasteiger partial charge is 0.373 e. The smallest absolute Gasteiger partial charge is 0.214 e. The normalized spacial score (nSPS) is 22.2. The first-order valence-electron chi connectivity index (χ1n) is 8.64. The molecule has 1 fully saturated rings. The fourth-order valence-corrected chi connectivity index (χ4v) is 3.42. The number of nitrogens with zero attached hydrogens (tertiary/aromatic N) is 2. The monoisotopic (exact) mass is 365 g/mol. The summed E-state index contributed by atoms with van der Waals surface area (Å²) in [4.78, 5) is 5.74. The number of hydrogen-bond donors (Lipinski definition) is 1. The molecular weight excluding hydrogens is 343 g/mol. The third-order valence-corrected chi connectivity index (χ3v) is 4.41. The highest BCUT2D eigenvalue weighted by atomic mass is 19.1. The zero-order valence-corrected chi connectivity index (χ0v) is 14.8. The van der Waals surface area contributed by atoms with Crippen molar-refractivity contribution in [1.29, 1.82) is 0 Å². The summed E-state index contributed by atoms with van der Waals surface area (Å²) >= 11 is 0. The molecule has 140 valence electrons. The van der Waals surface area contributed by atoms with E-state index in [2.05, 4.69) is 10.3 Å². The molecule has 7 heteroatoms.